The lowest BCUT2D eigenvalue weighted by Gasteiger charge is -2.31. The third-order valence-electron chi connectivity index (χ3n) is 6.46. The lowest BCUT2D eigenvalue weighted by molar-refractivity contribution is 0.0767. The van der Waals surface area contributed by atoms with E-state index in [2.05, 4.69) is 47.4 Å². The van der Waals surface area contributed by atoms with E-state index in [-0.39, 0.29) is 5.91 Å². The van der Waals surface area contributed by atoms with Gasteiger partial charge in [0.15, 0.2) is 5.69 Å². The Labute approximate surface area is 192 Å². The normalized spacial score (nSPS) is 15.9. The van der Waals surface area contributed by atoms with Crippen LogP contribution in [0.2, 0.25) is 0 Å². The molecule has 6 nitrogen and oxygen atoms in total. The quantitative estimate of drug-likeness (QED) is 0.436. The number of thiophene rings is 1. The van der Waals surface area contributed by atoms with E-state index in [0.29, 0.717) is 18.3 Å². The molecule has 3 aromatic heterocycles. The zero-order valence-corrected chi connectivity index (χ0v) is 19.6. The van der Waals surface area contributed by atoms with Crippen molar-refractivity contribution < 1.29 is 9.21 Å². The summed E-state index contributed by atoms with van der Waals surface area (Å²) in [5, 5.41) is 5.94. The van der Waals surface area contributed by atoms with Gasteiger partial charge in [-0.05, 0) is 56.0 Å². The Hall–Kier alpha value is -2.90. The molecule has 1 aromatic carbocycles. The molecule has 1 aliphatic carbocycles. The number of aryl methyl sites for hydroxylation is 1. The van der Waals surface area contributed by atoms with E-state index >= 15 is 0 Å². The van der Waals surface area contributed by atoms with Crippen LogP contribution in [0.3, 0.4) is 0 Å². The Kier molecular flexibility index (Phi) is 5.61. The van der Waals surface area contributed by atoms with E-state index in [4.69, 9.17) is 4.42 Å². The van der Waals surface area contributed by atoms with Crippen molar-refractivity contribution in [1.29, 1.82) is 0 Å². The number of furan rings is 1. The third kappa shape index (κ3) is 3.98. The van der Waals surface area contributed by atoms with Crippen molar-refractivity contribution in [2.24, 2.45) is 7.05 Å². The monoisotopic (exact) mass is 448 g/mol. The Morgan fingerprint density at radius 3 is 2.84 bits per heavy atom. The average molecular weight is 449 g/mol. The van der Waals surface area contributed by atoms with Crippen molar-refractivity contribution in [3.8, 4) is 0 Å². The molecule has 0 fully saturated rings. The first-order chi connectivity index (χ1) is 15.5. The predicted octanol–water partition coefficient (Wildman–Crippen LogP) is 4.49. The first-order valence-electron chi connectivity index (χ1n) is 11.0. The van der Waals surface area contributed by atoms with Crippen LogP contribution < -0.4 is 0 Å². The van der Waals surface area contributed by atoms with E-state index < -0.39 is 0 Å². The smallest absolute Gasteiger partial charge is 0.274 e. The van der Waals surface area contributed by atoms with Crippen LogP contribution in [-0.4, -0.2) is 45.6 Å². The largest absolute Gasteiger partial charge is 0.467 e. The van der Waals surface area contributed by atoms with Crippen LogP contribution in [0.5, 0.6) is 0 Å². The molecule has 5 rings (SSSR count). The van der Waals surface area contributed by atoms with Crippen LogP contribution in [-0.2, 0) is 33.0 Å². The van der Waals surface area contributed by atoms with Gasteiger partial charge >= 0.3 is 0 Å². The Morgan fingerprint density at radius 2 is 2.06 bits per heavy atom. The molecule has 0 spiro atoms. The van der Waals surface area contributed by atoms with Crippen molar-refractivity contribution in [3.63, 3.8) is 0 Å². The fourth-order valence-corrected chi connectivity index (χ4v) is 5.83. The second kappa shape index (κ2) is 8.56. The van der Waals surface area contributed by atoms with Gasteiger partial charge in [0.05, 0.1) is 12.8 Å². The van der Waals surface area contributed by atoms with Gasteiger partial charge in [-0.25, -0.2) is 0 Å². The minimum absolute atomic E-state index is 0.0499. The number of carbonyl (C=O) groups excluding carboxylic acids is 1. The number of benzene rings is 1. The molecule has 0 N–H and O–H groups in total. The fourth-order valence-electron chi connectivity index (χ4n) is 4.70. The number of hydrogen-bond donors (Lipinski definition) is 0. The van der Waals surface area contributed by atoms with Crippen molar-refractivity contribution in [2.75, 3.05) is 14.1 Å². The molecule has 166 valence electrons. The maximum absolute atomic E-state index is 13.2. The number of likely N-dealkylation sites (N-methyl/N-ethyl adjacent to an activating group) is 1. The summed E-state index contributed by atoms with van der Waals surface area (Å²) in [6, 6.07) is 15.0. The van der Waals surface area contributed by atoms with Crippen LogP contribution >= 0.6 is 11.3 Å². The molecule has 4 aromatic rings. The van der Waals surface area contributed by atoms with Gasteiger partial charge in [0, 0.05) is 47.5 Å². The number of fused-ring (bicyclic) bond motifs is 2. The summed E-state index contributed by atoms with van der Waals surface area (Å²) in [6.45, 7) is 1.35. The second-order valence-electron chi connectivity index (χ2n) is 8.70. The second-order valence-corrected chi connectivity index (χ2v) is 9.87. The summed E-state index contributed by atoms with van der Waals surface area (Å²) in [5.41, 5.74) is 2.87. The van der Waals surface area contributed by atoms with Crippen LogP contribution in [0.25, 0.3) is 10.1 Å². The lowest BCUT2D eigenvalue weighted by atomic mass is 9.90. The Morgan fingerprint density at radius 1 is 1.22 bits per heavy atom. The molecule has 1 amide bonds. The third-order valence-corrected chi connectivity index (χ3v) is 7.56. The highest BCUT2D eigenvalue weighted by Gasteiger charge is 2.31. The zero-order chi connectivity index (χ0) is 22.2. The van der Waals surface area contributed by atoms with Crippen molar-refractivity contribution in [3.05, 3.63) is 76.3 Å². The first kappa shape index (κ1) is 21.0. The minimum atomic E-state index is -0.0499. The SMILES string of the molecule is CN(Cc1ccco1)C(=O)c1nn(C)c2c1CC(N(C)Cc1cc3ccccc3s1)CC2. The molecule has 32 heavy (non-hydrogen) atoms. The molecule has 0 radical (unpaired) electrons. The number of aromatic nitrogens is 2. The molecule has 0 bridgehead atoms. The molecule has 3 heterocycles. The molecule has 7 heteroatoms. The topological polar surface area (TPSA) is 54.5 Å². The van der Waals surface area contributed by atoms with Gasteiger partial charge in [-0.1, -0.05) is 18.2 Å². The van der Waals surface area contributed by atoms with Crippen molar-refractivity contribution >= 4 is 27.3 Å². The van der Waals surface area contributed by atoms with E-state index in [9.17, 15) is 4.79 Å². The summed E-state index contributed by atoms with van der Waals surface area (Å²) < 4.78 is 8.64. The maximum Gasteiger partial charge on any atom is 0.274 e. The number of rotatable bonds is 6. The van der Waals surface area contributed by atoms with Crippen LogP contribution in [0.1, 0.15) is 38.8 Å². The molecule has 1 unspecified atom stereocenters. The summed E-state index contributed by atoms with van der Waals surface area (Å²) in [7, 11) is 5.95. The van der Waals surface area contributed by atoms with Crippen LogP contribution in [0.15, 0.2) is 53.1 Å². The van der Waals surface area contributed by atoms with Gasteiger partial charge in [0.1, 0.15) is 5.76 Å². The maximum atomic E-state index is 13.2. The van der Waals surface area contributed by atoms with Gasteiger partial charge in [-0.15, -0.1) is 11.3 Å². The molecule has 1 aliphatic rings. The number of nitrogens with zero attached hydrogens (tertiary/aromatic N) is 4. The molecular weight excluding hydrogens is 420 g/mol. The highest BCUT2D eigenvalue weighted by Crippen LogP contribution is 2.30. The fraction of sp³-hybridized carbons (Fsp3) is 0.360. The summed E-state index contributed by atoms with van der Waals surface area (Å²) >= 11 is 1.87. The van der Waals surface area contributed by atoms with Crippen molar-refractivity contribution in [2.45, 2.75) is 38.4 Å². The van der Waals surface area contributed by atoms with Crippen LogP contribution in [0, 0.1) is 0 Å². The molecule has 0 aliphatic heterocycles. The summed E-state index contributed by atoms with van der Waals surface area (Å²) in [4.78, 5) is 18.7. The number of amides is 1. The standard InChI is InChI=1S/C25H28N4O2S/c1-27(16-20-13-17-7-4-5-9-23(17)32-20)18-10-11-22-21(14-18)24(26-29(22)3)25(30)28(2)15-19-8-6-12-31-19/h4-9,12-13,18H,10-11,14-16H2,1-3H3. The molecule has 0 saturated heterocycles. The molecule has 1 atom stereocenters. The summed E-state index contributed by atoms with van der Waals surface area (Å²) in [5.74, 6) is 0.720. The summed E-state index contributed by atoms with van der Waals surface area (Å²) in [6.07, 6.45) is 4.49. The van der Waals surface area contributed by atoms with Gasteiger partial charge < -0.3 is 9.32 Å². The van der Waals surface area contributed by atoms with Crippen molar-refractivity contribution in [1.82, 2.24) is 19.6 Å². The van der Waals surface area contributed by atoms with E-state index in [1.807, 2.05) is 35.2 Å². The first-order valence-corrected chi connectivity index (χ1v) is 11.8. The van der Waals surface area contributed by atoms with E-state index in [1.165, 1.54) is 20.7 Å². The number of carbonyl (C=O) groups is 1. The van der Waals surface area contributed by atoms with E-state index in [1.54, 1.807) is 18.2 Å². The minimum Gasteiger partial charge on any atom is -0.467 e. The van der Waals surface area contributed by atoms with Gasteiger partial charge in [-0.2, -0.15) is 5.10 Å². The number of hydrogen-bond acceptors (Lipinski definition) is 5. The van der Waals surface area contributed by atoms with E-state index in [0.717, 1.165) is 37.1 Å². The van der Waals surface area contributed by atoms with Gasteiger partial charge in [-0.3, -0.25) is 14.4 Å². The highest BCUT2D eigenvalue weighted by molar-refractivity contribution is 7.19. The Bertz CT molecular complexity index is 1210. The average Bonchev–Trinajstić information content (AvgIpc) is 3.52. The highest BCUT2D eigenvalue weighted by atomic mass is 32.1. The molecular formula is C25H28N4O2S. The lowest BCUT2D eigenvalue weighted by Crippen LogP contribution is -2.37. The predicted molar refractivity (Wildman–Crippen MR) is 127 cm³/mol. The van der Waals surface area contributed by atoms with Gasteiger partial charge in [0.25, 0.3) is 5.91 Å². The Balaban J connectivity index is 1.32. The van der Waals surface area contributed by atoms with Gasteiger partial charge in [0.2, 0.25) is 0 Å². The molecule has 0 saturated carbocycles. The zero-order valence-electron chi connectivity index (χ0n) is 18.7. The van der Waals surface area contributed by atoms with Crippen LogP contribution in [0.4, 0.5) is 0 Å².